The quantitative estimate of drug-likeness (QED) is 0.551. The van der Waals surface area contributed by atoms with Gasteiger partial charge in [0.1, 0.15) is 11.6 Å². The molecule has 10 heteroatoms. The van der Waals surface area contributed by atoms with Crippen LogP contribution in [0.2, 0.25) is 0 Å². The second-order valence-corrected chi connectivity index (χ2v) is 4.83. The van der Waals surface area contributed by atoms with Crippen LogP contribution in [0.1, 0.15) is 0 Å². The molecule has 0 aliphatic rings. The second-order valence-electron chi connectivity index (χ2n) is 4.83. The Balaban J connectivity index is 2.22. The van der Waals surface area contributed by atoms with Crippen molar-refractivity contribution in [2.24, 2.45) is 0 Å². The van der Waals surface area contributed by atoms with Gasteiger partial charge in [0.15, 0.2) is 0 Å². The number of phenols is 1. The zero-order valence-electron chi connectivity index (χ0n) is 11.8. The maximum Gasteiger partial charge on any atom is 0.346 e. The number of nitro benzene ring substituents is 2. The molecule has 0 saturated heterocycles. The molecule has 0 atom stereocenters. The normalized spacial score (nSPS) is 10.7. The lowest BCUT2D eigenvalue weighted by molar-refractivity contribution is -0.422. The molecule has 0 saturated carbocycles. The highest BCUT2D eigenvalue weighted by Gasteiger charge is 2.25. The number of nitrogens with zero attached hydrogens (tertiary/aromatic N) is 3. The van der Waals surface area contributed by atoms with Crippen molar-refractivity contribution in [1.29, 1.82) is 0 Å². The lowest BCUT2D eigenvalue weighted by Crippen LogP contribution is -2.09. The fourth-order valence-electron chi connectivity index (χ4n) is 2.23. The Hall–Kier alpha value is -3.82. The van der Waals surface area contributed by atoms with Crippen LogP contribution >= 0.6 is 0 Å². The number of hydrogen-bond acceptors (Lipinski definition) is 7. The lowest BCUT2D eigenvalue weighted by Gasteiger charge is -2.04. The number of hydrogen-bond donors (Lipinski definition) is 2. The van der Waals surface area contributed by atoms with Gasteiger partial charge in [0.25, 0.3) is 5.56 Å². The van der Waals surface area contributed by atoms with Crippen LogP contribution in [0.3, 0.4) is 0 Å². The van der Waals surface area contributed by atoms with E-state index >= 15 is 0 Å². The molecule has 0 bridgehead atoms. The van der Waals surface area contributed by atoms with E-state index in [1.807, 2.05) is 0 Å². The summed E-state index contributed by atoms with van der Waals surface area (Å²) in [4.78, 5) is 38.8. The van der Waals surface area contributed by atoms with Gasteiger partial charge in [0.2, 0.25) is 0 Å². The van der Waals surface area contributed by atoms with E-state index < -0.39 is 26.8 Å². The number of rotatable bonds is 3. The van der Waals surface area contributed by atoms with Crippen LogP contribution in [0.25, 0.3) is 22.3 Å². The molecule has 3 aromatic rings. The van der Waals surface area contributed by atoms with Crippen molar-refractivity contribution in [3.05, 3.63) is 67.0 Å². The number of fused-ring (bicyclic) bond motifs is 1. The maximum atomic E-state index is 12.1. The van der Waals surface area contributed by atoms with Crippen molar-refractivity contribution in [2.75, 3.05) is 0 Å². The van der Waals surface area contributed by atoms with E-state index in [9.17, 15) is 30.1 Å². The summed E-state index contributed by atoms with van der Waals surface area (Å²) in [6.07, 6.45) is 0. The summed E-state index contributed by atoms with van der Waals surface area (Å²) in [6, 6.07) is 7.22. The Morgan fingerprint density at radius 2 is 1.71 bits per heavy atom. The Kier molecular flexibility index (Phi) is 3.41. The molecular weight excluding hydrogens is 320 g/mol. The van der Waals surface area contributed by atoms with Crippen LogP contribution in [0.15, 0.2) is 41.2 Å². The van der Waals surface area contributed by atoms with Crippen molar-refractivity contribution in [1.82, 2.24) is 9.97 Å². The van der Waals surface area contributed by atoms with Crippen molar-refractivity contribution in [3.63, 3.8) is 0 Å². The zero-order valence-corrected chi connectivity index (χ0v) is 11.8. The molecule has 10 nitrogen and oxygen atoms in total. The van der Waals surface area contributed by atoms with Crippen LogP contribution in [0, 0.1) is 20.2 Å². The van der Waals surface area contributed by atoms with Gasteiger partial charge in [-0.05, 0) is 24.3 Å². The highest BCUT2D eigenvalue weighted by Crippen LogP contribution is 2.31. The average molecular weight is 328 g/mol. The molecule has 0 spiro atoms. The number of aromatic nitrogens is 2. The molecule has 0 fully saturated rings. The summed E-state index contributed by atoms with van der Waals surface area (Å²) in [7, 11) is 0. The van der Waals surface area contributed by atoms with Crippen molar-refractivity contribution < 1.29 is 15.0 Å². The largest absolute Gasteiger partial charge is 0.508 e. The van der Waals surface area contributed by atoms with Crippen LogP contribution in [-0.4, -0.2) is 24.9 Å². The number of H-pyrrole nitrogens is 1. The summed E-state index contributed by atoms with van der Waals surface area (Å²) < 4.78 is 0. The first-order valence-corrected chi connectivity index (χ1v) is 6.53. The van der Waals surface area contributed by atoms with E-state index in [0.717, 1.165) is 12.1 Å². The monoisotopic (exact) mass is 328 g/mol. The molecule has 2 N–H and O–H groups in total. The molecule has 120 valence electrons. The Morgan fingerprint density at radius 3 is 2.38 bits per heavy atom. The first kappa shape index (κ1) is 15.1. The standard InChI is InChI=1S/C14H8N4O6/c19-8-2-3-10-9(6-8)14(20)16-13(15-10)7-1-4-11(17(21)22)12(5-7)18(23)24/h1-6,19H,(H,15,16,20). The number of nitro groups is 2. The minimum atomic E-state index is -0.876. The molecule has 0 amide bonds. The van der Waals surface area contributed by atoms with Gasteiger partial charge in [-0.2, -0.15) is 0 Å². The van der Waals surface area contributed by atoms with Crippen LogP contribution in [-0.2, 0) is 0 Å². The van der Waals surface area contributed by atoms with E-state index in [2.05, 4.69) is 9.97 Å². The van der Waals surface area contributed by atoms with Crippen LogP contribution in [0.4, 0.5) is 11.4 Å². The van der Waals surface area contributed by atoms with Crippen molar-refractivity contribution in [2.45, 2.75) is 0 Å². The number of benzene rings is 2. The number of aromatic amines is 1. The molecule has 0 aliphatic heterocycles. The lowest BCUT2D eigenvalue weighted by atomic mass is 10.1. The fraction of sp³-hybridized carbons (Fsp3) is 0. The minimum Gasteiger partial charge on any atom is -0.508 e. The van der Waals surface area contributed by atoms with E-state index in [4.69, 9.17) is 0 Å². The highest BCUT2D eigenvalue weighted by atomic mass is 16.6. The molecule has 0 unspecified atom stereocenters. The van der Waals surface area contributed by atoms with E-state index in [1.54, 1.807) is 0 Å². The summed E-state index contributed by atoms with van der Waals surface area (Å²) in [5.41, 5.74) is -1.48. The van der Waals surface area contributed by atoms with Crippen LogP contribution < -0.4 is 5.56 Å². The molecule has 2 aromatic carbocycles. The molecule has 1 heterocycles. The van der Waals surface area contributed by atoms with Crippen molar-refractivity contribution in [3.8, 4) is 17.1 Å². The number of phenolic OH excluding ortho intramolecular Hbond substituents is 1. The maximum absolute atomic E-state index is 12.1. The second kappa shape index (κ2) is 5.43. The predicted molar refractivity (Wildman–Crippen MR) is 82.8 cm³/mol. The summed E-state index contributed by atoms with van der Waals surface area (Å²) in [5, 5.41) is 31.4. The zero-order chi connectivity index (χ0) is 17.4. The van der Waals surface area contributed by atoms with Gasteiger partial charge in [-0.1, -0.05) is 0 Å². The van der Waals surface area contributed by atoms with E-state index in [0.29, 0.717) is 0 Å². The van der Waals surface area contributed by atoms with Crippen molar-refractivity contribution >= 4 is 22.3 Å². The molecule has 1 aromatic heterocycles. The number of nitrogens with one attached hydrogen (secondary N) is 1. The average Bonchev–Trinajstić information content (AvgIpc) is 2.54. The summed E-state index contributed by atoms with van der Waals surface area (Å²) in [5.74, 6) is -0.0790. The van der Waals surface area contributed by atoms with Gasteiger partial charge in [-0.3, -0.25) is 25.0 Å². The first-order valence-electron chi connectivity index (χ1n) is 6.53. The Bertz CT molecular complexity index is 1060. The predicted octanol–water partition coefficient (Wildman–Crippen LogP) is 2.11. The van der Waals surface area contributed by atoms with Gasteiger partial charge < -0.3 is 10.1 Å². The van der Waals surface area contributed by atoms with E-state index in [1.165, 1.54) is 24.3 Å². The third kappa shape index (κ3) is 2.52. The van der Waals surface area contributed by atoms with Gasteiger partial charge in [-0.25, -0.2) is 4.98 Å². The smallest absolute Gasteiger partial charge is 0.346 e. The van der Waals surface area contributed by atoms with Gasteiger partial charge >= 0.3 is 11.4 Å². The molecule has 3 rings (SSSR count). The van der Waals surface area contributed by atoms with E-state index in [-0.39, 0.29) is 28.0 Å². The summed E-state index contributed by atoms with van der Waals surface area (Å²) >= 11 is 0. The minimum absolute atomic E-state index is 0.0242. The Labute approximate surface area is 132 Å². The summed E-state index contributed by atoms with van der Waals surface area (Å²) in [6.45, 7) is 0. The van der Waals surface area contributed by atoms with Gasteiger partial charge in [0, 0.05) is 17.7 Å². The molecule has 24 heavy (non-hydrogen) atoms. The first-order chi connectivity index (χ1) is 11.4. The molecular formula is C14H8N4O6. The SMILES string of the molecule is O=c1[nH]c(-c2ccc([N+](=O)[O-])c([N+](=O)[O-])c2)nc2ccc(O)cc12. The third-order valence-electron chi connectivity index (χ3n) is 3.33. The van der Waals surface area contributed by atoms with Gasteiger partial charge in [-0.15, -0.1) is 0 Å². The highest BCUT2D eigenvalue weighted by molar-refractivity contribution is 5.81. The molecule has 0 radical (unpaired) electrons. The van der Waals surface area contributed by atoms with Gasteiger partial charge in [0.05, 0.1) is 20.7 Å². The Morgan fingerprint density at radius 1 is 1.00 bits per heavy atom. The third-order valence-corrected chi connectivity index (χ3v) is 3.33. The molecule has 0 aliphatic carbocycles. The fourth-order valence-corrected chi connectivity index (χ4v) is 2.23. The number of aromatic hydroxyl groups is 1. The van der Waals surface area contributed by atoms with Crippen LogP contribution in [0.5, 0.6) is 5.75 Å². The topological polar surface area (TPSA) is 152 Å².